The Labute approximate surface area is 157 Å². The molecule has 0 saturated heterocycles. The number of fused-ring (bicyclic) bond motifs is 1. The number of aromatic nitrogens is 1. The van der Waals surface area contributed by atoms with Gasteiger partial charge < -0.3 is 9.32 Å². The Kier molecular flexibility index (Phi) is 4.80. The van der Waals surface area contributed by atoms with Gasteiger partial charge in [0.05, 0.1) is 17.8 Å². The molecule has 0 saturated carbocycles. The van der Waals surface area contributed by atoms with E-state index in [1.807, 2.05) is 72.1 Å². The number of hydrogen-bond donors (Lipinski definition) is 0. The van der Waals surface area contributed by atoms with Crippen LogP contribution in [0.15, 0.2) is 63.9 Å². The first-order valence-electron chi connectivity index (χ1n) is 8.76. The number of hydrogen-bond acceptors (Lipinski definition) is 4. The van der Waals surface area contributed by atoms with Gasteiger partial charge in [-0.2, -0.15) is 0 Å². The van der Waals surface area contributed by atoms with Crippen molar-refractivity contribution in [2.75, 3.05) is 17.2 Å². The van der Waals surface area contributed by atoms with Crippen LogP contribution in [-0.4, -0.2) is 23.2 Å². The average molecular weight is 364 g/mol. The van der Waals surface area contributed by atoms with Crippen LogP contribution in [0.2, 0.25) is 0 Å². The van der Waals surface area contributed by atoms with E-state index < -0.39 is 0 Å². The third-order valence-electron chi connectivity index (χ3n) is 4.47. The molecule has 1 aliphatic heterocycles. The van der Waals surface area contributed by atoms with Crippen LogP contribution in [0.5, 0.6) is 0 Å². The van der Waals surface area contributed by atoms with Gasteiger partial charge >= 0.3 is 0 Å². The van der Waals surface area contributed by atoms with E-state index in [-0.39, 0.29) is 12.3 Å². The number of oxazole rings is 1. The van der Waals surface area contributed by atoms with Crippen molar-refractivity contribution < 1.29 is 9.21 Å². The number of rotatable bonds is 3. The SMILES string of the molecule is Cc1oc(-c2ccccc2)nc1CC(=O)N1CCCSc2ccccc21. The fraction of sp³-hybridized carbons (Fsp3) is 0.238. The zero-order valence-electron chi connectivity index (χ0n) is 14.6. The van der Waals surface area contributed by atoms with Gasteiger partial charge in [0.1, 0.15) is 5.76 Å². The molecule has 0 radical (unpaired) electrons. The minimum atomic E-state index is 0.0657. The summed E-state index contributed by atoms with van der Waals surface area (Å²) in [6.45, 7) is 2.61. The van der Waals surface area contributed by atoms with Gasteiger partial charge in [-0.1, -0.05) is 30.3 Å². The lowest BCUT2D eigenvalue weighted by Crippen LogP contribution is -2.33. The first-order chi connectivity index (χ1) is 12.7. The second-order valence-electron chi connectivity index (χ2n) is 6.28. The van der Waals surface area contributed by atoms with Crippen LogP contribution in [0.1, 0.15) is 17.9 Å². The zero-order valence-corrected chi connectivity index (χ0v) is 15.5. The minimum Gasteiger partial charge on any atom is -0.441 e. The van der Waals surface area contributed by atoms with Crippen LogP contribution in [0.3, 0.4) is 0 Å². The topological polar surface area (TPSA) is 46.3 Å². The number of nitrogens with zero attached hydrogens (tertiary/aromatic N) is 2. The molecule has 1 aromatic heterocycles. The summed E-state index contributed by atoms with van der Waals surface area (Å²) < 4.78 is 5.80. The zero-order chi connectivity index (χ0) is 17.9. The van der Waals surface area contributed by atoms with Crippen LogP contribution in [0.4, 0.5) is 5.69 Å². The van der Waals surface area contributed by atoms with E-state index in [9.17, 15) is 4.79 Å². The van der Waals surface area contributed by atoms with Crippen molar-refractivity contribution >= 4 is 23.4 Å². The first-order valence-corrected chi connectivity index (χ1v) is 9.75. The molecule has 0 N–H and O–H groups in total. The Morgan fingerprint density at radius 1 is 1.15 bits per heavy atom. The van der Waals surface area contributed by atoms with Crippen molar-refractivity contribution in [3.05, 3.63) is 66.1 Å². The van der Waals surface area contributed by atoms with Gasteiger partial charge in [0, 0.05) is 17.0 Å². The van der Waals surface area contributed by atoms with E-state index in [4.69, 9.17) is 4.42 Å². The Hall–Kier alpha value is -2.53. The molecule has 132 valence electrons. The average Bonchev–Trinajstić information content (AvgIpc) is 2.90. The Balaban J connectivity index is 1.58. The number of para-hydroxylation sites is 1. The van der Waals surface area contributed by atoms with E-state index >= 15 is 0 Å². The van der Waals surface area contributed by atoms with Crippen molar-refractivity contribution in [3.63, 3.8) is 0 Å². The Morgan fingerprint density at radius 2 is 1.92 bits per heavy atom. The van der Waals surface area contributed by atoms with E-state index in [1.54, 1.807) is 0 Å². The number of benzene rings is 2. The van der Waals surface area contributed by atoms with Gasteiger partial charge in [0.2, 0.25) is 11.8 Å². The molecule has 1 aliphatic rings. The second kappa shape index (κ2) is 7.38. The van der Waals surface area contributed by atoms with Crippen molar-refractivity contribution in [1.29, 1.82) is 0 Å². The Morgan fingerprint density at radius 3 is 2.77 bits per heavy atom. The molecule has 0 fully saturated rings. The highest BCUT2D eigenvalue weighted by Gasteiger charge is 2.23. The molecule has 3 aromatic rings. The van der Waals surface area contributed by atoms with Crippen LogP contribution < -0.4 is 4.90 Å². The molecule has 0 aliphatic carbocycles. The standard InChI is InChI=1S/C21H20N2O2S/c1-15-17(22-21(25-15)16-8-3-2-4-9-16)14-20(24)23-12-7-13-26-19-11-6-5-10-18(19)23/h2-6,8-11H,7,12-14H2,1H3. The molecule has 2 aromatic carbocycles. The molecule has 0 bridgehead atoms. The number of amides is 1. The molecule has 1 amide bonds. The summed E-state index contributed by atoms with van der Waals surface area (Å²) in [5.41, 5.74) is 2.64. The van der Waals surface area contributed by atoms with Crippen molar-refractivity contribution in [2.45, 2.75) is 24.7 Å². The molecular weight excluding hydrogens is 344 g/mol. The maximum atomic E-state index is 13.0. The third kappa shape index (κ3) is 3.40. The monoisotopic (exact) mass is 364 g/mol. The van der Waals surface area contributed by atoms with Crippen LogP contribution in [-0.2, 0) is 11.2 Å². The molecule has 2 heterocycles. The lowest BCUT2D eigenvalue weighted by Gasteiger charge is -2.22. The van der Waals surface area contributed by atoms with E-state index in [0.29, 0.717) is 17.3 Å². The van der Waals surface area contributed by atoms with Crippen LogP contribution >= 0.6 is 11.8 Å². The number of carbonyl (C=O) groups excluding carboxylic acids is 1. The summed E-state index contributed by atoms with van der Waals surface area (Å²) >= 11 is 1.81. The number of thioether (sulfide) groups is 1. The maximum absolute atomic E-state index is 13.0. The van der Waals surface area contributed by atoms with Gasteiger partial charge in [0.15, 0.2) is 0 Å². The summed E-state index contributed by atoms with van der Waals surface area (Å²) in [6.07, 6.45) is 1.24. The molecular formula is C21H20N2O2S. The third-order valence-corrected chi connectivity index (χ3v) is 5.62. The van der Waals surface area contributed by atoms with Gasteiger partial charge in [-0.15, -0.1) is 11.8 Å². The fourth-order valence-corrected chi connectivity index (χ4v) is 4.12. The summed E-state index contributed by atoms with van der Waals surface area (Å²) in [6, 6.07) is 17.9. The van der Waals surface area contributed by atoms with Crippen molar-refractivity contribution in [3.8, 4) is 11.5 Å². The highest BCUT2D eigenvalue weighted by molar-refractivity contribution is 7.99. The quantitative estimate of drug-likeness (QED) is 0.674. The maximum Gasteiger partial charge on any atom is 0.233 e. The smallest absolute Gasteiger partial charge is 0.233 e. The molecule has 0 spiro atoms. The van der Waals surface area contributed by atoms with E-state index in [0.717, 1.165) is 30.0 Å². The van der Waals surface area contributed by atoms with Gasteiger partial charge in [-0.25, -0.2) is 4.98 Å². The highest BCUT2D eigenvalue weighted by Crippen LogP contribution is 2.34. The van der Waals surface area contributed by atoms with Crippen molar-refractivity contribution in [2.24, 2.45) is 0 Å². The molecule has 26 heavy (non-hydrogen) atoms. The summed E-state index contributed by atoms with van der Waals surface area (Å²) in [4.78, 5) is 20.7. The van der Waals surface area contributed by atoms with Crippen LogP contribution in [0, 0.1) is 6.92 Å². The molecule has 0 atom stereocenters. The van der Waals surface area contributed by atoms with E-state index in [2.05, 4.69) is 11.1 Å². The largest absolute Gasteiger partial charge is 0.441 e. The normalized spacial score (nSPS) is 14.0. The predicted molar refractivity (Wildman–Crippen MR) is 105 cm³/mol. The van der Waals surface area contributed by atoms with Crippen LogP contribution in [0.25, 0.3) is 11.5 Å². The number of carbonyl (C=O) groups is 1. The lowest BCUT2D eigenvalue weighted by molar-refractivity contribution is -0.118. The number of anilines is 1. The molecule has 4 nitrogen and oxygen atoms in total. The van der Waals surface area contributed by atoms with Gasteiger partial charge in [-0.05, 0) is 43.4 Å². The lowest BCUT2D eigenvalue weighted by atomic mass is 10.2. The summed E-state index contributed by atoms with van der Waals surface area (Å²) in [5.74, 6) is 2.37. The summed E-state index contributed by atoms with van der Waals surface area (Å²) in [5, 5.41) is 0. The summed E-state index contributed by atoms with van der Waals surface area (Å²) in [7, 11) is 0. The number of aryl methyl sites for hydroxylation is 1. The highest BCUT2D eigenvalue weighted by atomic mass is 32.2. The fourth-order valence-electron chi connectivity index (χ4n) is 3.12. The van der Waals surface area contributed by atoms with Gasteiger partial charge in [-0.3, -0.25) is 4.79 Å². The van der Waals surface area contributed by atoms with Crippen molar-refractivity contribution in [1.82, 2.24) is 4.98 Å². The van der Waals surface area contributed by atoms with Gasteiger partial charge in [0.25, 0.3) is 0 Å². The molecule has 5 heteroatoms. The predicted octanol–water partition coefficient (Wildman–Crippen LogP) is 4.72. The first kappa shape index (κ1) is 16.9. The van der Waals surface area contributed by atoms with E-state index in [1.165, 1.54) is 4.90 Å². The second-order valence-corrected chi connectivity index (χ2v) is 7.42. The minimum absolute atomic E-state index is 0.0657. The Bertz CT molecular complexity index is 921. The molecule has 4 rings (SSSR count). The molecule has 0 unspecified atom stereocenters.